The lowest BCUT2D eigenvalue weighted by atomic mass is 9.86. The van der Waals surface area contributed by atoms with Crippen molar-refractivity contribution in [3.8, 4) is 11.6 Å². The van der Waals surface area contributed by atoms with E-state index in [4.69, 9.17) is 16.3 Å². The smallest absolute Gasteiger partial charge is 0.213 e. The molecule has 1 saturated carbocycles. The van der Waals surface area contributed by atoms with Gasteiger partial charge in [-0.1, -0.05) is 17.7 Å². The quantitative estimate of drug-likeness (QED) is 0.569. The highest BCUT2D eigenvalue weighted by molar-refractivity contribution is 7.89. The van der Waals surface area contributed by atoms with Crippen molar-refractivity contribution in [2.24, 2.45) is 0 Å². The maximum absolute atomic E-state index is 11.9. The molecule has 4 rings (SSSR count). The lowest BCUT2D eigenvalue weighted by Gasteiger charge is -2.28. The Kier molecular flexibility index (Phi) is 6.06. The first-order valence-corrected chi connectivity index (χ1v) is 12.3. The van der Waals surface area contributed by atoms with E-state index in [1.165, 1.54) is 6.26 Å². The SMILES string of the molecule is CS(=O)(=O)Cc1nnc(C2CCC(Oc3ccccn3)CC2)n1-c1ccc(Cl)cc1. The third kappa shape index (κ3) is 4.99. The minimum Gasteiger partial charge on any atom is -0.474 e. The summed E-state index contributed by atoms with van der Waals surface area (Å²) in [5.41, 5.74) is 0.810. The molecule has 2 aromatic heterocycles. The molecular formula is C21H23ClN4O3S. The topological polar surface area (TPSA) is 87.0 Å². The third-order valence-corrected chi connectivity index (χ3v) is 6.23. The Bertz CT molecular complexity index is 1090. The van der Waals surface area contributed by atoms with Gasteiger partial charge in [0.25, 0.3) is 0 Å². The van der Waals surface area contributed by atoms with Crippen molar-refractivity contribution in [1.29, 1.82) is 0 Å². The second-order valence-corrected chi connectivity index (χ2v) is 10.2. The summed E-state index contributed by atoms with van der Waals surface area (Å²) in [5, 5.41) is 9.23. The summed E-state index contributed by atoms with van der Waals surface area (Å²) in [6, 6.07) is 12.9. The lowest BCUT2D eigenvalue weighted by molar-refractivity contribution is 0.139. The van der Waals surface area contributed by atoms with Crippen molar-refractivity contribution < 1.29 is 13.2 Å². The van der Waals surface area contributed by atoms with Crippen LogP contribution in [0.15, 0.2) is 48.7 Å². The Hall–Kier alpha value is -2.45. The number of aromatic nitrogens is 4. The zero-order chi connectivity index (χ0) is 21.1. The van der Waals surface area contributed by atoms with Crippen molar-refractivity contribution in [2.75, 3.05) is 6.26 Å². The van der Waals surface area contributed by atoms with E-state index in [-0.39, 0.29) is 17.8 Å². The van der Waals surface area contributed by atoms with E-state index in [9.17, 15) is 8.42 Å². The fourth-order valence-corrected chi connectivity index (χ4v) is 4.60. The number of sulfone groups is 1. The summed E-state index contributed by atoms with van der Waals surface area (Å²) >= 11 is 6.03. The van der Waals surface area contributed by atoms with Crippen LogP contribution in [0.2, 0.25) is 5.02 Å². The van der Waals surface area contributed by atoms with E-state index in [2.05, 4.69) is 15.2 Å². The number of pyridine rings is 1. The van der Waals surface area contributed by atoms with Gasteiger partial charge in [-0.15, -0.1) is 10.2 Å². The number of nitrogens with zero attached hydrogens (tertiary/aromatic N) is 4. The van der Waals surface area contributed by atoms with Crippen LogP contribution in [0, 0.1) is 0 Å². The van der Waals surface area contributed by atoms with Crippen molar-refractivity contribution in [3.63, 3.8) is 0 Å². The van der Waals surface area contributed by atoms with Gasteiger partial charge in [0.15, 0.2) is 15.7 Å². The minimum absolute atomic E-state index is 0.110. The van der Waals surface area contributed by atoms with Gasteiger partial charge in [0.1, 0.15) is 17.7 Å². The summed E-state index contributed by atoms with van der Waals surface area (Å²) in [4.78, 5) is 4.23. The molecule has 7 nitrogen and oxygen atoms in total. The monoisotopic (exact) mass is 446 g/mol. The van der Waals surface area contributed by atoms with E-state index in [1.54, 1.807) is 18.3 Å². The van der Waals surface area contributed by atoms with Crippen LogP contribution in [-0.2, 0) is 15.6 Å². The molecule has 0 spiro atoms. The van der Waals surface area contributed by atoms with Crippen LogP contribution >= 0.6 is 11.6 Å². The first-order valence-electron chi connectivity index (χ1n) is 9.84. The van der Waals surface area contributed by atoms with Gasteiger partial charge >= 0.3 is 0 Å². The molecule has 1 fully saturated rings. The first-order chi connectivity index (χ1) is 14.4. The second kappa shape index (κ2) is 8.73. The van der Waals surface area contributed by atoms with Gasteiger partial charge in [0, 0.05) is 35.1 Å². The van der Waals surface area contributed by atoms with E-state index in [1.807, 2.05) is 34.9 Å². The molecule has 0 atom stereocenters. The Labute approximate surface area is 181 Å². The van der Waals surface area contributed by atoms with Crippen molar-refractivity contribution in [2.45, 2.75) is 43.5 Å². The van der Waals surface area contributed by atoms with Crippen LogP contribution in [0.25, 0.3) is 5.69 Å². The van der Waals surface area contributed by atoms with Gasteiger partial charge in [-0.25, -0.2) is 13.4 Å². The number of rotatable bonds is 6. The Morgan fingerprint density at radius 3 is 2.43 bits per heavy atom. The first kappa shape index (κ1) is 20.8. The highest BCUT2D eigenvalue weighted by Gasteiger charge is 2.29. The van der Waals surface area contributed by atoms with Gasteiger partial charge < -0.3 is 4.74 Å². The zero-order valence-electron chi connectivity index (χ0n) is 16.6. The largest absolute Gasteiger partial charge is 0.474 e. The number of hydrogen-bond donors (Lipinski definition) is 0. The molecule has 1 aliphatic rings. The van der Waals surface area contributed by atoms with Crippen LogP contribution in [0.3, 0.4) is 0 Å². The lowest BCUT2D eigenvalue weighted by Crippen LogP contribution is -2.25. The van der Waals surface area contributed by atoms with Gasteiger partial charge in [-0.3, -0.25) is 4.57 Å². The van der Waals surface area contributed by atoms with E-state index < -0.39 is 9.84 Å². The van der Waals surface area contributed by atoms with E-state index in [0.717, 1.165) is 37.2 Å². The van der Waals surface area contributed by atoms with Gasteiger partial charge in [-0.2, -0.15) is 0 Å². The normalized spacial score (nSPS) is 19.5. The molecule has 0 bridgehead atoms. The van der Waals surface area contributed by atoms with Crippen LogP contribution in [0.1, 0.15) is 43.3 Å². The number of benzene rings is 1. The highest BCUT2D eigenvalue weighted by Crippen LogP contribution is 2.35. The molecule has 30 heavy (non-hydrogen) atoms. The summed E-state index contributed by atoms with van der Waals surface area (Å²) in [5.74, 6) is 1.85. The fourth-order valence-electron chi connectivity index (χ4n) is 3.82. The van der Waals surface area contributed by atoms with Gasteiger partial charge in [-0.05, 0) is 56.0 Å². The van der Waals surface area contributed by atoms with Crippen LogP contribution in [0.4, 0.5) is 0 Å². The fraction of sp³-hybridized carbons (Fsp3) is 0.381. The molecule has 158 valence electrons. The molecule has 0 amide bonds. The molecule has 0 unspecified atom stereocenters. The van der Waals surface area contributed by atoms with Crippen LogP contribution in [0.5, 0.6) is 5.88 Å². The molecule has 2 heterocycles. The highest BCUT2D eigenvalue weighted by atomic mass is 35.5. The summed E-state index contributed by atoms with van der Waals surface area (Å²) in [6.07, 6.45) is 6.53. The molecule has 1 aromatic carbocycles. The Morgan fingerprint density at radius 1 is 1.07 bits per heavy atom. The third-order valence-electron chi connectivity index (χ3n) is 5.20. The average Bonchev–Trinajstić information content (AvgIpc) is 3.12. The second-order valence-electron chi connectivity index (χ2n) is 7.62. The Balaban J connectivity index is 1.56. The minimum atomic E-state index is -3.25. The number of ether oxygens (including phenoxy) is 1. The van der Waals surface area contributed by atoms with Crippen molar-refractivity contribution in [3.05, 3.63) is 65.3 Å². The summed E-state index contributed by atoms with van der Waals surface area (Å²) in [7, 11) is -3.25. The standard InChI is InChI=1S/C21H23ClN4O3S/c1-30(27,28)14-19-24-25-21(26(19)17-9-7-16(22)8-10-17)15-5-11-18(12-6-15)29-20-4-2-3-13-23-20/h2-4,7-10,13,15,18H,5-6,11-12,14H2,1H3. The molecule has 1 aliphatic carbocycles. The maximum Gasteiger partial charge on any atom is 0.213 e. The Morgan fingerprint density at radius 2 is 1.80 bits per heavy atom. The average molecular weight is 447 g/mol. The maximum atomic E-state index is 11.9. The molecular weight excluding hydrogens is 424 g/mol. The van der Waals surface area contributed by atoms with Crippen LogP contribution < -0.4 is 4.74 Å². The molecule has 3 aromatic rings. The van der Waals surface area contributed by atoms with E-state index in [0.29, 0.717) is 16.7 Å². The molecule has 0 radical (unpaired) electrons. The van der Waals surface area contributed by atoms with Gasteiger partial charge in [0.05, 0.1) is 0 Å². The van der Waals surface area contributed by atoms with Crippen molar-refractivity contribution in [1.82, 2.24) is 19.7 Å². The van der Waals surface area contributed by atoms with E-state index >= 15 is 0 Å². The van der Waals surface area contributed by atoms with Crippen molar-refractivity contribution >= 4 is 21.4 Å². The molecule has 0 N–H and O–H groups in total. The molecule has 0 saturated heterocycles. The molecule has 9 heteroatoms. The zero-order valence-corrected chi connectivity index (χ0v) is 18.2. The molecule has 0 aliphatic heterocycles. The summed E-state index contributed by atoms with van der Waals surface area (Å²) < 4.78 is 31.7. The number of halogens is 1. The van der Waals surface area contributed by atoms with Crippen LogP contribution in [-0.4, -0.2) is 40.5 Å². The van der Waals surface area contributed by atoms with Gasteiger partial charge in [0.2, 0.25) is 5.88 Å². The predicted octanol–water partition coefficient (Wildman–Crippen LogP) is 3.97. The number of hydrogen-bond acceptors (Lipinski definition) is 6. The predicted molar refractivity (Wildman–Crippen MR) is 115 cm³/mol. The summed E-state index contributed by atoms with van der Waals surface area (Å²) in [6.45, 7) is 0.